The van der Waals surface area contributed by atoms with Gasteiger partial charge in [0.15, 0.2) is 0 Å². The number of carbonyl (C=O) groups excluding carboxylic acids is 1. The second-order valence-corrected chi connectivity index (χ2v) is 8.13. The summed E-state index contributed by atoms with van der Waals surface area (Å²) in [5, 5.41) is 4.80. The zero-order chi connectivity index (χ0) is 21.5. The highest BCUT2D eigenvalue weighted by atomic mass is 35.5. The number of nitrogens with zero attached hydrogens (tertiary/aromatic N) is 2. The smallest absolute Gasteiger partial charge is 0.224 e. The molecule has 0 atom stereocenters. The van der Waals surface area contributed by atoms with Gasteiger partial charge in [-0.05, 0) is 55.0 Å². The van der Waals surface area contributed by atoms with Crippen LogP contribution >= 0.6 is 11.6 Å². The molecular formula is C24H28ClN3O3. The number of benzene rings is 2. The van der Waals surface area contributed by atoms with Gasteiger partial charge in [-0.1, -0.05) is 11.6 Å². The van der Waals surface area contributed by atoms with Crippen molar-refractivity contribution in [2.45, 2.75) is 19.4 Å². The van der Waals surface area contributed by atoms with E-state index >= 15 is 0 Å². The predicted octanol–water partition coefficient (Wildman–Crippen LogP) is 4.42. The van der Waals surface area contributed by atoms with Crippen LogP contribution in [0.4, 0.5) is 5.69 Å². The van der Waals surface area contributed by atoms with Crippen molar-refractivity contribution in [2.24, 2.45) is 0 Å². The first-order valence-corrected chi connectivity index (χ1v) is 11.1. The predicted molar refractivity (Wildman–Crippen MR) is 124 cm³/mol. The minimum atomic E-state index is -0.00851. The molecule has 1 aliphatic rings. The number of anilines is 1. The van der Waals surface area contributed by atoms with Gasteiger partial charge in [0.25, 0.3) is 0 Å². The Morgan fingerprint density at radius 1 is 1.06 bits per heavy atom. The maximum absolute atomic E-state index is 12.3. The van der Waals surface area contributed by atoms with Gasteiger partial charge in [0, 0.05) is 60.4 Å². The Morgan fingerprint density at radius 3 is 2.68 bits per heavy atom. The zero-order valence-corrected chi connectivity index (χ0v) is 18.3. The number of nitrogens with one attached hydrogen (secondary N) is 1. The second-order valence-electron chi connectivity index (χ2n) is 7.69. The number of hydrogen-bond donors (Lipinski definition) is 1. The molecule has 1 amide bonds. The van der Waals surface area contributed by atoms with Gasteiger partial charge in [-0.25, -0.2) is 0 Å². The number of hydrogen-bond acceptors (Lipinski definition) is 4. The lowest BCUT2D eigenvalue weighted by atomic mass is 10.2. The summed E-state index contributed by atoms with van der Waals surface area (Å²) in [6, 6.07) is 15.4. The summed E-state index contributed by atoms with van der Waals surface area (Å²) in [7, 11) is 0. The van der Waals surface area contributed by atoms with Crippen molar-refractivity contribution in [2.75, 3.05) is 44.8 Å². The molecule has 164 valence electrons. The van der Waals surface area contributed by atoms with E-state index in [4.69, 9.17) is 21.1 Å². The van der Waals surface area contributed by atoms with E-state index in [1.165, 1.54) is 5.52 Å². The van der Waals surface area contributed by atoms with Gasteiger partial charge >= 0.3 is 0 Å². The van der Waals surface area contributed by atoms with Crippen molar-refractivity contribution in [3.63, 3.8) is 0 Å². The summed E-state index contributed by atoms with van der Waals surface area (Å²) in [6.07, 6.45) is 3.17. The van der Waals surface area contributed by atoms with Crippen LogP contribution in [0.3, 0.4) is 0 Å². The fourth-order valence-corrected chi connectivity index (χ4v) is 3.85. The first kappa shape index (κ1) is 21.7. The summed E-state index contributed by atoms with van der Waals surface area (Å²) < 4.78 is 13.3. The third kappa shape index (κ3) is 6.23. The van der Waals surface area contributed by atoms with Crippen molar-refractivity contribution in [1.29, 1.82) is 0 Å². The summed E-state index contributed by atoms with van der Waals surface area (Å²) in [5.74, 6) is 0.749. The SMILES string of the molecule is O=C(CCCOc1ccc(Cl)cc1)Nc1ccc2c(ccn2CCN2CCOCC2)c1. The molecule has 0 aliphatic carbocycles. The maximum Gasteiger partial charge on any atom is 0.224 e. The highest BCUT2D eigenvalue weighted by molar-refractivity contribution is 6.30. The van der Waals surface area contributed by atoms with Gasteiger partial charge in [0.1, 0.15) is 5.75 Å². The molecule has 31 heavy (non-hydrogen) atoms. The minimum absolute atomic E-state index is 0.00851. The Morgan fingerprint density at radius 2 is 1.87 bits per heavy atom. The van der Waals surface area contributed by atoms with Gasteiger partial charge in [-0.2, -0.15) is 0 Å². The van der Waals surface area contributed by atoms with Crippen LogP contribution in [0.15, 0.2) is 54.7 Å². The molecule has 4 rings (SSSR count). The van der Waals surface area contributed by atoms with Gasteiger partial charge in [-0.15, -0.1) is 0 Å². The Kier molecular flexibility index (Phi) is 7.46. The van der Waals surface area contributed by atoms with Crippen LogP contribution in [0.1, 0.15) is 12.8 Å². The van der Waals surface area contributed by atoms with E-state index in [0.717, 1.165) is 56.2 Å². The molecule has 3 aromatic rings. The van der Waals surface area contributed by atoms with Crippen molar-refractivity contribution in [1.82, 2.24) is 9.47 Å². The molecule has 1 aromatic heterocycles. The number of carbonyl (C=O) groups is 1. The van der Waals surface area contributed by atoms with Gasteiger partial charge in [0.2, 0.25) is 5.91 Å². The summed E-state index contributed by atoms with van der Waals surface area (Å²) in [6.45, 7) is 6.10. The van der Waals surface area contributed by atoms with E-state index in [9.17, 15) is 4.79 Å². The van der Waals surface area contributed by atoms with Crippen molar-refractivity contribution >= 4 is 34.1 Å². The van der Waals surface area contributed by atoms with Gasteiger partial charge in [0.05, 0.1) is 19.8 Å². The van der Waals surface area contributed by atoms with Crippen molar-refractivity contribution < 1.29 is 14.3 Å². The molecule has 0 spiro atoms. The van der Waals surface area contributed by atoms with Crippen LogP contribution in [-0.2, 0) is 16.1 Å². The largest absolute Gasteiger partial charge is 0.494 e. The van der Waals surface area contributed by atoms with E-state index in [1.807, 2.05) is 24.3 Å². The van der Waals surface area contributed by atoms with Gasteiger partial charge < -0.3 is 19.4 Å². The van der Waals surface area contributed by atoms with E-state index in [0.29, 0.717) is 24.5 Å². The number of rotatable bonds is 9. The molecule has 1 N–H and O–H groups in total. The first-order valence-electron chi connectivity index (χ1n) is 10.7. The average Bonchev–Trinajstić information content (AvgIpc) is 3.19. The molecule has 1 saturated heterocycles. The Hall–Kier alpha value is -2.54. The number of fused-ring (bicyclic) bond motifs is 1. The van der Waals surface area contributed by atoms with Crippen LogP contribution in [0, 0.1) is 0 Å². The molecule has 1 aliphatic heterocycles. The number of morpholine rings is 1. The van der Waals surface area contributed by atoms with Crippen LogP contribution in [0.5, 0.6) is 5.75 Å². The maximum atomic E-state index is 12.3. The Labute approximate surface area is 187 Å². The van der Waals surface area contributed by atoms with E-state index in [2.05, 4.69) is 33.1 Å². The van der Waals surface area contributed by atoms with E-state index < -0.39 is 0 Å². The molecule has 7 heteroatoms. The molecule has 2 heterocycles. The van der Waals surface area contributed by atoms with Crippen LogP contribution in [0.2, 0.25) is 5.02 Å². The number of aromatic nitrogens is 1. The molecule has 0 saturated carbocycles. The molecule has 0 radical (unpaired) electrons. The molecule has 0 unspecified atom stereocenters. The molecule has 0 bridgehead atoms. The number of halogens is 1. The monoisotopic (exact) mass is 441 g/mol. The molecular weight excluding hydrogens is 414 g/mol. The summed E-state index contributed by atoms with van der Waals surface area (Å²) in [4.78, 5) is 14.7. The highest BCUT2D eigenvalue weighted by Crippen LogP contribution is 2.21. The third-order valence-corrected chi connectivity index (χ3v) is 5.70. The van der Waals surface area contributed by atoms with Crippen molar-refractivity contribution in [3.05, 3.63) is 59.8 Å². The second kappa shape index (κ2) is 10.7. The van der Waals surface area contributed by atoms with Crippen molar-refractivity contribution in [3.8, 4) is 5.75 Å². The average molecular weight is 442 g/mol. The standard InChI is InChI=1S/C24H28ClN3O3/c25-20-3-6-22(7-4-20)31-15-1-2-24(29)26-21-5-8-23-19(18-21)9-10-28(23)12-11-27-13-16-30-17-14-27/h3-10,18H,1-2,11-17H2,(H,26,29). The normalized spacial score (nSPS) is 14.6. The van der Waals surface area contributed by atoms with Crippen LogP contribution in [0.25, 0.3) is 10.9 Å². The highest BCUT2D eigenvalue weighted by Gasteiger charge is 2.11. The van der Waals surface area contributed by atoms with Crippen LogP contribution < -0.4 is 10.1 Å². The quantitative estimate of drug-likeness (QED) is 0.499. The molecule has 1 fully saturated rings. The number of ether oxygens (including phenoxy) is 2. The minimum Gasteiger partial charge on any atom is -0.494 e. The first-order chi connectivity index (χ1) is 15.2. The fourth-order valence-electron chi connectivity index (χ4n) is 3.72. The summed E-state index contributed by atoms with van der Waals surface area (Å²) >= 11 is 5.86. The summed E-state index contributed by atoms with van der Waals surface area (Å²) in [5.41, 5.74) is 2.00. The fraction of sp³-hybridized carbons (Fsp3) is 0.375. The molecule has 6 nitrogen and oxygen atoms in total. The lowest BCUT2D eigenvalue weighted by molar-refractivity contribution is -0.116. The lowest BCUT2D eigenvalue weighted by Gasteiger charge is -2.26. The molecule has 2 aromatic carbocycles. The topological polar surface area (TPSA) is 55.7 Å². The Balaban J connectivity index is 1.23. The van der Waals surface area contributed by atoms with E-state index in [1.54, 1.807) is 12.1 Å². The van der Waals surface area contributed by atoms with Gasteiger partial charge in [-0.3, -0.25) is 9.69 Å². The Bertz CT molecular complexity index is 997. The third-order valence-electron chi connectivity index (χ3n) is 5.45. The van der Waals surface area contributed by atoms with Crippen LogP contribution in [-0.4, -0.2) is 54.8 Å². The lowest BCUT2D eigenvalue weighted by Crippen LogP contribution is -2.38. The van der Waals surface area contributed by atoms with E-state index in [-0.39, 0.29) is 5.91 Å². The zero-order valence-electron chi connectivity index (χ0n) is 17.6. The number of amides is 1.